The van der Waals surface area contributed by atoms with Crippen LogP contribution in [0.2, 0.25) is 0 Å². The molecule has 2 fully saturated rings. The van der Waals surface area contributed by atoms with Gasteiger partial charge in [0.05, 0.1) is 0 Å². The Bertz CT molecular complexity index is 420. The van der Waals surface area contributed by atoms with Gasteiger partial charge in [0.2, 0.25) is 0 Å². The van der Waals surface area contributed by atoms with Gasteiger partial charge in [-0.05, 0) is 24.7 Å². The third-order valence-corrected chi connectivity index (χ3v) is 5.75. The maximum atomic E-state index is 4.43. The van der Waals surface area contributed by atoms with Gasteiger partial charge in [-0.2, -0.15) is 0 Å². The zero-order valence-corrected chi connectivity index (χ0v) is 13.6. The molecule has 0 spiro atoms. The minimum atomic E-state index is 0.766. The summed E-state index contributed by atoms with van der Waals surface area (Å²) >= 11 is 0. The van der Waals surface area contributed by atoms with Crippen LogP contribution in [0.25, 0.3) is 0 Å². The average Bonchev–Trinajstić information content (AvgIpc) is 2.94. The predicted molar refractivity (Wildman–Crippen MR) is 87.2 cm³/mol. The molecule has 3 heteroatoms. The van der Waals surface area contributed by atoms with Crippen molar-refractivity contribution in [2.45, 2.75) is 70.3 Å². The lowest BCUT2D eigenvalue weighted by molar-refractivity contribution is 0.150. The van der Waals surface area contributed by atoms with Crippen molar-refractivity contribution in [1.29, 1.82) is 0 Å². The van der Waals surface area contributed by atoms with Crippen LogP contribution in [0.3, 0.4) is 0 Å². The second kappa shape index (κ2) is 7.44. The number of aromatic nitrogens is 2. The quantitative estimate of drug-likeness (QED) is 0.896. The van der Waals surface area contributed by atoms with Crippen molar-refractivity contribution in [2.24, 2.45) is 18.9 Å². The van der Waals surface area contributed by atoms with Gasteiger partial charge < -0.3 is 9.88 Å². The maximum absolute atomic E-state index is 4.43. The third kappa shape index (κ3) is 3.88. The van der Waals surface area contributed by atoms with Crippen molar-refractivity contribution in [3.63, 3.8) is 0 Å². The minimum absolute atomic E-state index is 0.766. The van der Waals surface area contributed by atoms with Gasteiger partial charge in [0.1, 0.15) is 5.82 Å². The lowest BCUT2D eigenvalue weighted by atomic mass is 9.71. The average molecular weight is 289 g/mol. The summed E-state index contributed by atoms with van der Waals surface area (Å²) in [4.78, 5) is 4.43. The van der Waals surface area contributed by atoms with Gasteiger partial charge in [0, 0.05) is 38.4 Å². The van der Waals surface area contributed by atoms with E-state index in [9.17, 15) is 0 Å². The van der Waals surface area contributed by atoms with Crippen LogP contribution in [0, 0.1) is 11.8 Å². The molecule has 1 heterocycles. The number of rotatable bonds is 5. The van der Waals surface area contributed by atoms with E-state index in [-0.39, 0.29) is 0 Å². The van der Waals surface area contributed by atoms with Crippen molar-refractivity contribution in [3.05, 3.63) is 18.2 Å². The number of aryl methyl sites for hydroxylation is 1. The van der Waals surface area contributed by atoms with E-state index in [4.69, 9.17) is 0 Å². The van der Waals surface area contributed by atoms with Crippen LogP contribution in [-0.2, 0) is 13.5 Å². The molecule has 0 aliphatic heterocycles. The van der Waals surface area contributed by atoms with Crippen LogP contribution >= 0.6 is 0 Å². The summed E-state index contributed by atoms with van der Waals surface area (Å²) in [5.41, 5.74) is 0. The molecule has 2 aliphatic carbocycles. The van der Waals surface area contributed by atoms with E-state index in [1.807, 2.05) is 12.4 Å². The fraction of sp³-hybridized carbons (Fsp3) is 0.833. The van der Waals surface area contributed by atoms with E-state index in [0.717, 1.165) is 30.8 Å². The first-order valence-electron chi connectivity index (χ1n) is 9.04. The van der Waals surface area contributed by atoms with Crippen molar-refractivity contribution in [1.82, 2.24) is 14.9 Å². The van der Waals surface area contributed by atoms with Crippen LogP contribution in [-0.4, -0.2) is 22.1 Å². The molecule has 0 amide bonds. The number of hydrogen-bond acceptors (Lipinski definition) is 2. The van der Waals surface area contributed by atoms with Gasteiger partial charge in [-0.1, -0.05) is 44.9 Å². The van der Waals surface area contributed by atoms with Crippen molar-refractivity contribution in [2.75, 3.05) is 6.54 Å². The first kappa shape index (κ1) is 15.1. The summed E-state index contributed by atoms with van der Waals surface area (Å²) in [5, 5.41) is 3.88. The van der Waals surface area contributed by atoms with Gasteiger partial charge in [-0.25, -0.2) is 4.98 Å². The number of nitrogens with one attached hydrogen (secondary N) is 1. The van der Waals surface area contributed by atoms with E-state index in [0.29, 0.717) is 0 Å². The SMILES string of the molecule is Cn1ccnc1CCNC1CCCCC1C1CCCCC1. The smallest absolute Gasteiger partial charge is 0.109 e. The van der Waals surface area contributed by atoms with Crippen molar-refractivity contribution >= 4 is 0 Å². The Hall–Kier alpha value is -0.830. The fourth-order valence-corrected chi connectivity index (χ4v) is 4.55. The Balaban J connectivity index is 1.50. The largest absolute Gasteiger partial charge is 0.338 e. The van der Waals surface area contributed by atoms with Crippen LogP contribution < -0.4 is 5.32 Å². The van der Waals surface area contributed by atoms with Crippen LogP contribution in [0.15, 0.2) is 12.4 Å². The Kier molecular flexibility index (Phi) is 5.34. The zero-order chi connectivity index (χ0) is 14.5. The van der Waals surface area contributed by atoms with E-state index in [2.05, 4.69) is 21.9 Å². The fourth-order valence-electron chi connectivity index (χ4n) is 4.55. The minimum Gasteiger partial charge on any atom is -0.338 e. The molecule has 3 nitrogen and oxygen atoms in total. The molecule has 2 aliphatic rings. The summed E-state index contributed by atoms with van der Waals surface area (Å²) in [5.74, 6) is 3.15. The highest BCUT2D eigenvalue weighted by Gasteiger charge is 2.31. The zero-order valence-electron chi connectivity index (χ0n) is 13.6. The van der Waals surface area contributed by atoms with Crippen LogP contribution in [0.4, 0.5) is 0 Å². The number of hydrogen-bond donors (Lipinski definition) is 1. The van der Waals surface area contributed by atoms with Gasteiger partial charge in [0.25, 0.3) is 0 Å². The van der Waals surface area contributed by atoms with Crippen molar-refractivity contribution < 1.29 is 0 Å². The van der Waals surface area contributed by atoms with E-state index in [1.165, 1.54) is 63.6 Å². The van der Waals surface area contributed by atoms with Gasteiger partial charge in [-0.15, -0.1) is 0 Å². The second-order valence-corrected chi connectivity index (χ2v) is 7.11. The molecular weight excluding hydrogens is 258 g/mol. The maximum Gasteiger partial charge on any atom is 0.109 e. The molecule has 2 unspecified atom stereocenters. The molecule has 21 heavy (non-hydrogen) atoms. The molecule has 2 atom stereocenters. The van der Waals surface area contributed by atoms with Crippen LogP contribution in [0.1, 0.15) is 63.6 Å². The highest BCUT2D eigenvalue weighted by Crippen LogP contribution is 2.38. The number of nitrogens with zero attached hydrogens (tertiary/aromatic N) is 2. The molecule has 2 saturated carbocycles. The van der Waals surface area contributed by atoms with Gasteiger partial charge in [-0.3, -0.25) is 0 Å². The summed E-state index contributed by atoms with van der Waals surface area (Å²) in [6.07, 6.45) is 18.1. The van der Waals surface area contributed by atoms with Crippen LogP contribution in [0.5, 0.6) is 0 Å². The highest BCUT2D eigenvalue weighted by molar-refractivity contribution is 4.93. The second-order valence-electron chi connectivity index (χ2n) is 7.11. The molecule has 118 valence electrons. The molecule has 0 bridgehead atoms. The molecule has 3 rings (SSSR count). The molecule has 1 aromatic rings. The lowest BCUT2D eigenvalue weighted by Gasteiger charge is -2.39. The van der Waals surface area contributed by atoms with Gasteiger partial charge >= 0.3 is 0 Å². The normalized spacial score (nSPS) is 27.9. The first-order chi connectivity index (χ1) is 10.3. The summed E-state index contributed by atoms with van der Waals surface area (Å²) < 4.78 is 2.14. The summed E-state index contributed by atoms with van der Waals surface area (Å²) in [7, 11) is 2.09. The number of imidazole rings is 1. The van der Waals surface area contributed by atoms with E-state index < -0.39 is 0 Å². The molecule has 0 radical (unpaired) electrons. The van der Waals surface area contributed by atoms with E-state index >= 15 is 0 Å². The lowest BCUT2D eigenvalue weighted by Crippen LogP contribution is -2.43. The Labute approximate surface area is 129 Å². The Morgan fingerprint density at radius 3 is 2.62 bits per heavy atom. The molecule has 0 saturated heterocycles. The molecular formula is C18H31N3. The standard InChI is InChI=1S/C18H31N3/c1-21-14-13-20-18(21)11-12-19-17-10-6-5-9-16(17)15-7-3-2-4-8-15/h13-17,19H,2-12H2,1H3. The Morgan fingerprint density at radius 1 is 1.10 bits per heavy atom. The highest BCUT2D eigenvalue weighted by atomic mass is 15.0. The third-order valence-electron chi connectivity index (χ3n) is 5.75. The summed E-state index contributed by atoms with van der Waals surface area (Å²) in [6, 6.07) is 0.766. The van der Waals surface area contributed by atoms with Crippen molar-refractivity contribution in [3.8, 4) is 0 Å². The predicted octanol–water partition coefficient (Wildman–Crippen LogP) is 3.69. The monoisotopic (exact) mass is 289 g/mol. The molecule has 0 aromatic carbocycles. The topological polar surface area (TPSA) is 29.9 Å². The summed E-state index contributed by atoms with van der Waals surface area (Å²) in [6.45, 7) is 1.08. The molecule has 1 aromatic heterocycles. The Morgan fingerprint density at radius 2 is 1.86 bits per heavy atom. The van der Waals surface area contributed by atoms with E-state index in [1.54, 1.807) is 0 Å². The first-order valence-corrected chi connectivity index (χ1v) is 9.04. The molecule has 1 N–H and O–H groups in total. The van der Waals surface area contributed by atoms with Gasteiger partial charge in [0.15, 0.2) is 0 Å².